The Kier molecular flexibility index (Phi) is 2.57. The van der Waals surface area contributed by atoms with Crippen LogP contribution in [0.15, 0.2) is 15.9 Å². The molecule has 16 heavy (non-hydrogen) atoms. The third-order valence-electron chi connectivity index (χ3n) is 3.62. The number of halogens is 1. The van der Waals surface area contributed by atoms with Crippen molar-refractivity contribution in [3.05, 3.63) is 20.8 Å². The predicted molar refractivity (Wildman–Crippen MR) is 67.5 cm³/mol. The molecule has 0 aromatic carbocycles. The van der Waals surface area contributed by atoms with E-state index in [1.165, 1.54) is 17.8 Å². The number of likely N-dealkylation sites (tertiary alicyclic amines) is 1. The SMILES string of the molecule is NC[C@@H]1[C@H]2C[C@H]2CN1C(=O)c1sccc1Br. The molecule has 1 aromatic heterocycles. The van der Waals surface area contributed by atoms with Crippen LogP contribution < -0.4 is 5.73 Å². The van der Waals surface area contributed by atoms with Crippen LogP contribution in [0.5, 0.6) is 0 Å². The summed E-state index contributed by atoms with van der Waals surface area (Å²) in [5, 5.41) is 1.94. The van der Waals surface area contributed by atoms with Gasteiger partial charge in [-0.05, 0) is 45.6 Å². The number of carbonyl (C=O) groups excluding carboxylic acids is 1. The second-order valence-electron chi connectivity index (χ2n) is 4.52. The molecule has 0 radical (unpaired) electrons. The van der Waals surface area contributed by atoms with Gasteiger partial charge in [0.05, 0.1) is 0 Å². The molecule has 1 amide bonds. The van der Waals surface area contributed by atoms with Gasteiger partial charge >= 0.3 is 0 Å². The van der Waals surface area contributed by atoms with Crippen molar-refractivity contribution in [2.24, 2.45) is 17.6 Å². The molecule has 2 fully saturated rings. The Labute approximate surface area is 107 Å². The molecule has 2 heterocycles. The van der Waals surface area contributed by atoms with Crippen molar-refractivity contribution in [3.8, 4) is 0 Å². The van der Waals surface area contributed by atoms with Crippen molar-refractivity contribution >= 4 is 33.2 Å². The molecule has 5 heteroatoms. The minimum absolute atomic E-state index is 0.143. The maximum atomic E-state index is 12.3. The van der Waals surface area contributed by atoms with Gasteiger partial charge in [0.1, 0.15) is 4.88 Å². The van der Waals surface area contributed by atoms with Gasteiger partial charge in [-0.15, -0.1) is 11.3 Å². The number of nitrogens with two attached hydrogens (primary N) is 1. The lowest BCUT2D eigenvalue weighted by Crippen LogP contribution is -2.42. The molecule has 3 nitrogen and oxygen atoms in total. The first kappa shape index (κ1) is 10.7. The molecule has 3 rings (SSSR count). The molecular formula is C11H13BrN2OS. The van der Waals surface area contributed by atoms with Crippen LogP contribution in [0.2, 0.25) is 0 Å². The molecule has 1 saturated heterocycles. The van der Waals surface area contributed by atoms with E-state index in [4.69, 9.17) is 5.73 Å². The third-order valence-corrected chi connectivity index (χ3v) is 5.44. The first-order valence-corrected chi connectivity index (χ1v) is 7.13. The summed E-state index contributed by atoms with van der Waals surface area (Å²) < 4.78 is 0.902. The number of nitrogens with zero attached hydrogens (tertiary/aromatic N) is 1. The lowest BCUT2D eigenvalue weighted by molar-refractivity contribution is 0.0716. The molecule has 0 spiro atoms. The number of hydrogen-bond donors (Lipinski definition) is 1. The van der Waals surface area contributed by atoms with E-state index in [-0.39, 0.29) is 11.9 Å². The summed E-state index contributed by atoms with van der Waals surface area (Å²) in [6, 6.07) is 2.19. The monoisotopic (exact) mass is 300 g/mol. The Morgan fingerprint density at radius 2 is 2.50 bits per heavy atom. The fourth-order valence-corrected chi connectivity index (χ4v) is 4.18. The number of rotatable bonds is 2. The van der Waals surface area contributed by atoms with Crippen LogP contribution in [0.25, 0.3) is 0 Å². The summed E-state index contributed by atoms with van der Waals surface area (Å²) in [4.78, 5) is 15.1. The summed E-state index contributed by atoms with van der Waals surface area (Å²) in [6.45, 7) is 1.49. The van der Waals surface area contributed by atoms with Crippen molar-refractivity contribution in [1.29, 1.82) is 0 Å². The van der Waals surface area contributed by atoms with Crippen molar-refractivity contribution in [2.45, 2.75) is 12.5 Å². The molecule has 1 saturated carbocycles. The van der Waals surface area contributed by atoms with Crippen molar-refractivity contribution in [3.63, 3.8) is 0 Å². The number of fused-ring (bicyclic) bond motifs is 1. The zero-order chi connectivity index (χ0) is 11.3. The van der Waals surface area contributed by atoms with E-state index in [0.717, 1.165) is 21.8 Å². The van der Waals surface area contributed by atoms with Gasteiger partial charge in [0, 0.05) is 23.6 Å². The molecule has 1 aliphatic carbocycles. The topological polar surface area (TPSA) is 46.3 Å². The van der Waals surface area contributed by atoms with Gasteiger partial charge in [0.2, 0.25) is 0 Å². The second-order valence-corrected chi connectivity index (χ2v) is 6.29. The fraction of sp³-hybridized carbons (Fsp3) is 0.545. The van der Waals surface area contributed by atoms with Gasteiger partial charge in [-0.25, -0.2) is 0 Å². The Morgan fingerprint density at radius 1 is 1.69 bits per heavy atom. The molecule has 1 aromatic rings. The first-order chi connectivity index (χ1) is 7.72. The molecule has 86 valence electrons. The van der Waals surface area contributed by atoms with Crippen LogP contribution in [0.1, 0.15) is 16.1 Å². The molecule has 0 bridgehead atoms. The highest BCUT2D eigenvalue weighted by atomic mass is 79.9. The lowest BCUT2D eigenvalue weighted by Gasteiger charge is -2.26. The van der Waals surface area contributed by atoms with E-state index in [2.05, 4.69) is 15.9 Å². The maximum Gasteiger partial charge on any atom is 0.265 e. The summed E-state index contributed by atoms with van der Waals surface area (Å²) >= 11 is 4.91. The fourth-order valence-electron chi connectivity index (χ4n) is 2.68. The summed E-state index contributed by atoms with van der Waals surface area (Å²) in [5.41, 5.74) is 5.77. The zero-order valence-electron chi connectivity index (χ0n) is 8.73. The number of carbonyl (C=O) groups is 1. The van der Waals surface area contributed by atoms with E-state index in [1.807, 2.05) is 16.3 Å². The Bertz CT molecular complexity index is 433. The van der Waals surface area contributed by atoms with Crippen molar-refractivity contribution in [1.82, 2.24) is 4.90 Å². The second kappa shape index (κ2) is 3.82. The van der Waals surface area contributed by atoms with Gasteiger partial charge in [0.15, 0.2) is 0 Å². The maximum absolute atomic E-state index is 12.3. The number of hydrogen-bond acceptors (Lipinski definition) is 3. The van der Waals surface area contributed by atoms with Gasteiger partial charge < -0.3 is 10.6 Å². The number of amides is 1. The summed E-state index contributed by atoms with van der Waals surface area (Å²) in [7, 11) is 0. The van der Waals surface area contributed by atoms with Crippen LogP contribution in [0.3, 0.4) is 0 Å². The van der Waals surface area contributed by atoms with Gasteiger partial charge in [0.25, 0.3) is 5.91 Å². The van der Waals surface area contributed by atoms with Crippen molar-refractivity contribution < 1.29 is 4.79 Å². The highest BCUT2D eigenvalue weighted by Crippen LogP contribution is 2.49. The van der Waals surface area contributed by atoms with E-state index >= 15 is 0 Å². The number of thiophene rings is 1. The highest BCUT2D eigenvalue weighted by Gasteiger charge is 2.53. The largest absolute Gasteiger partial charge is 0.333 e. The van der Waals surface area contributed by atoms with Gasteiger partial charge in [-0.1, -0.05) is 0 Å². The molecule has 1 aliphatic heterocycles. The number of piperidine rings is 1. The normalized spacial score (nSPS) is 31.6. The van der Waals surface area contributed by atoms with Crippen LogP contribution in [-0.2, 0) is 0 Å². The van der Waals surface area contributed by atoms with Crippen LogP contribution in [-0.4, -0.2) is 29.9 Å². The third kappa shape index (κ3) is 1.53. The Balaban J connectivity index is 1.83. The standard InChI is InChI=1S/C11H13BrN2OS/c12-8-1-2-16-10(8)11(15)14-5-6-3-7(6)9(14)4-13/h1-2,6-7,9H,3-5,13H2/t6-,7-,9+/m0/s1. The van der Waals surface area contributed by atoms with E-state index in [0.29, 0.717) is 12.5 Å². The van der Waals surface area contributed by atoms with Crippen molar-refractivity contribution in [2.75, 3.05) is 13.1 Å². The van der Waals surface area contributed by atoms with Gasteiger partial charge in [-0.3, -0.25) is 4.79 Å². The predicted octanol–water partition coefficient (Wildman–Crippen LogP) is 1.93. The van der Waals surface area contributed by atoms with E-state index in [1.54, 1.807) is 0 Å². The molecular weight excluding hydrogens is 288 g/mol. The molecule has 0 unspecified atom stereocenters. The smallest absolute Gasteiger partial charge is 0.265 e. The van der Waals surface area contributed by atoms with Crippen LogP contribution in [0, 0.1) is 11.8 Å². The molecule has 2 aliphatic rings. The highest BCUT2D eigenvalue weighted by molar-refractivity contribution is 9.10. The molecule has 3 atom stereocenters. The first-order valence-electron chi connectivity index (χ1n) is 5.46. The average molecular weight is 301 g/mol. The van der Waals surface area contributed by atoms with Gasteiger partial charge in [-0.2, -0.15) is 0 Å². The summed E-state index contributed by atoms with van der Waals surface area (Å²) in [5.74, 6) is 1.54. The Morgan fingerprint density at radius 3 is 3.12 bits per heavy atom. The van der Waals surface area contributed by atoms with E-state index < -0.39 is 0 Å². The molecule has 2 N–H and O–H groups in total. The Hall–Kier alpha value is -0.390. The lowest BCUT2D eigenvalue weighted by atomic mass is 10.2. The minimum atomic E-state index is 0.143. The van der Waals surface area contributed by atoms with E-state index in [9.17, 15) is 4.79 Å². The minimum Gasteiger partial charge on any atom is -0.333 e. The zero-order valence-corrected chi connectivity index (χ0v) is 11.1. The van der Waals surface area contributed by atoms with Crippen LogP contribution >= 0.6 is 27.3 Å². The summed E-state index contributed by atoms with van der Waals surface area (Å²) in [6.07, 6.45) is 1.26. The van der Waals surface area contributed by atoms with Crippen LogP contribution in [0.4, 0.5) is 0 Å². The average Bonchev–Trinajstić information content (AvgIpc) is 2.75. The quantitative estimate of drug-likeness (QED) is 0.907.